The lowest BCUT2D eigenvalue weighted by Crippen LogP contribution is -2.49. The summed E-state index contributed by atoms with van der Waals surface area (Å²) in [6.07, 6.45) is 13.4. The molecule has 2 aliphatic rings. The normalized spacial score (nSPS) is 16.5. The van der Waals surface area contributed by atoms with Gasteiger partial charge in [0.15, 0.2) is 16.5 Å². The number of aromatic nitrogens is 8. The topological polar surface area (TPSA) is 244 Å². The van der Waals surface area contributed by atoms with E-state index in [1.807, 2.05) is 72.8 Å². The average Bonchev–Trinajstić information content (AvgIpc) is 3.75. The summed E-state index contributed by atoms with van der Waals surface area (Å²) in [5.41, 5.74) is 6.97. The first-order chi connectivity index (χ1) is 27.8. The van der Waals surface area contributed by atoms with E-state index in [-0.39, 0.29) is 22.9 Å². The second-order valence-corrected chi connectivity index (χ2v) is 16.5. The van der Waals surface area contributed by atoms with Crippen LogP contribution in [-0.2, 0) is 30.0 Å². The van der Waals surface area contributed by atoms with Crippen molar-refractivity contribution in [3.8, 4) is 12.1 Å². The molecule has 0 spiro atoms. The predicted octanol–water partition coefficient (Wildman–Crippen LogP) is 4.66. The molecule has 0 radical (unpaired) electrons. The highest BCUT2D eigenvalue weighted by molar-refractivity contribution is 6.30. The highest BCUT2D eigenvalue weighted by Crippen LogP contribution is 2.22. The minimum absolute atomic E-state index is 0.0298. The summed E-state index contributed by atoms with van der Waals surface area (Å²) in [7, 11) is 3.68. The fourth-order valence-electron chi connectivity index (χ4n) is 6.12. The van der Waals surface area contributed by atoms with Crippen LogP contribution in [0.5, 0.6) is 0 Å². The summed E-state index contributed by atoms with van der Waals surface area (Å²) in [4.78, 5) is 45.3. The van der Waals surface area contributed by atoms with Gasteiger partial charge in [-0.15, -0.1) is 0 Å². The monoisotopic (exact) mass is 831 g/mol. The third kappa shape index (κ3) is 15.2. The van der Waals surface area contributed by atoms with Crippen LogP contribution in [0, 0.1) is 22.7 Å². The van der Waals surface area contributed by atoms with Crippen LogP contribution >= 0.6 is 11.6 Å². The van der Waals surface area contributed by atoms with Crippen molar-refractivity contribution in [2.75, 3.05) is 41.7 Å². The summed E-state index contributed by atoms with van der Waals surface area (Å²) >= 11 is 5.93. The van der Waals surface area contributed by atoms with Crippen LogP contribution in [-0.4, -0.2) is 101 Å². The SMILES string of the molecule is CC(C)(C)OC(=O)NC1CCCN(c2cnc(C#N)c(Cl)n2)C1.Cn1cc(Cc2nc(N3CCCC(NC(=O)OC(C)(C)C)C3)cnc2C#N)cn1.Cn1cc(N)cn1. The van der Waals surface area contributed by atoms with Crippen LogP contribution in [0.25, 0.3) is 0 Å². The number of nitrogens with two attached hydrogens (primary N) is 1. The molecule has 6 heterocycles. The molecule has 2 unspecified atom stereocenters. The van der Waals surface area contributed by atoms with Crippen LogP contribution in [0.4, 0.5) is 26.9 Å². The Morgan fingerprint density at radius 2 is 1.29 bits per heavy atom. The Balaban J connectivity index is 0.000000227. The van der Waals surface area contributed by atoms with E-state index in [1.165, 1.54) is 6.20 Å². The number of nitrogens with one attached hydrogen (secondary N) is 2. The number of alkyl carbamates (subject to hydrolysis) is 2. The van der Waals surface area contributed by atoms with Gasteiger partial charge in [0.25, 0.3) is 0 Å². The summed E-state index contributed by atoms with van der Waals surface area (Å²) in [6, 6.07) is 3.94. The Labute approximate surface area is 349 Å². The van der Waals surface area contributed by atoms with Crippen LogP contribution in [0.15, 0.2) is 37.2 Å². The van der Waals surface area contributed by atoms with E-state index in [0.717, 1.165) is 44.3 Å². The van der Waals surface area contributed by atoms with Gasteiger partial charge in [0.05, 0.1) is 36.2 Å². The lowest BCUT2D eigenvalue weighted by Gasteiger charge is -2.34. The molecular weight excluding hydrogens is 778 g/mol. The number of anilines is 3. The first-order valence-electron chi connectivity index (χ1n) is 19.2. The molecule has 2 aliphatic heterocycles. The molecule has 2 fully saturated rings. The number of carbonyl (C=O) groups is 2. The molecule has 0 aromatic carbocycles. The fraction of sp³-hybridized carbons (Fsp3) is 0.538. The minimum atomic E-state index is -0.530. The van der Waals surface area contributed by atoms with Crippen LogP contribution in [0.3, 0.4) is 0 Å². The first kappa shape index (κ1) is 45.5. The Morgan fingerprint density at radius 1 is 0.797 bits per heavy atom. The van der Waals surface area contributed by atoms with Crippen LogP contribution in [0.1, 0.15) is 89.9 Å². The van der Waals surface area contributed by atoms with Crippen molar-refractivity contribution in [3.63, 3.8) is 0 Å². The van der Waals surface area contributed by atoms with Gasteiger partial charge >= 0.3 is 12.2 Å². The highest BCUT2D eigenvalue weighted by atomic mass is 35.5. The van der Waals surface area contributed by atoms with Crippen molar-refractivity contribution in [3.05, 3.63) is 65.0 Å². The molecule has 0 saturated carbocycles. The number of nitriles is 2. The van der Waals surface area contributed by atoms with Gasteiger partial charge in [0.2, 0.25) is 0 Å². The number of halogens is 1. The van der Waals surface area contributed by atoms with Crippen LogP contribution in [0.2, 0.25) is 5.15 Å². The number of hydrogen-bond donors (Lipinski definition) is 3. The van der Waals surface area contributed by atoms with E-state index in [9.17, 15) is 14.9 Å². The van der Waals surface area contributed by atoms with Crippen LogP contribution < -0.4 is 26.2 Å². The van der Waals surface area contributed by atoms with Gasteiger partial charge < -0.3 is 35.6 Å². The number of hydrogen-bond acceptors (Lipinski definition) is 15. The highest BCUT2D eigenvalue weighted by Gasteiger charge is 2.27. The maximum Gasteiger partial charge on any atom is 0.407 e. The van der Waals surface area contributed by atoms with E-state index < -0.39 is 23.4 Å². The quantitative estimate of drug-likeness (QED) is 0.239. The Morgan fingerprint density at radius 3 is 1.69 bits per heavy atom. The molecule has 59 heavy (non-hydrogen) atoms. The molecule has 2 saturated heterocycles. The van der Waals surface area contributed by atoms with Gasteiger partial charge in [-0.3, -0.25) is 9.36 Å². The van der Waals surface area contributed by atoms with Crippen molar-refractivity contribution in [1.82, 2.24) is 50.1 Å². The number of piperidine rings is 2. The third-order valence-electron chi connectivity index (χ3n) is 8.55. The van der Waals surface area contributed by atoms with Gasteiger partial charge in [-0.05, 0) is 72.8 Å². The average molecular weight is 832 g/mol. The number of nitrogen functional groups attached to an aromatic ring is 1. The third-order valence-corrected chi connectivity index (χ3v) is 8.81. The van der Waals surface area contributed by atoms with Crippen molar-refractivity contribution in [2.24, 2.45) is 14.1 Å². The zero-order chi connectivity index (χ0) is 43.3. The van der Waals surface area contributed by atoms with E-state index in [2.05, 4.69) is 46.8 Å². The Hall–Kier alpha value is -6.21. The van der Waals surface area contributed by atoms with E-state index in [1.54, 1.807) is 34.2 Å². The summed E-state index contributed by atoms with van der Waals surface area (Å²) in [5, 5.41) is 32.1. The van der Waals surface area contributed by atoms with Crippen molar-refractivity contribution in [1.29, 1.82) is 10.5 Å². The van der Waals surface area contributed by atoms with Gasteiger partial charge in [0.1, 0.15) is 35.0 Å². The molecule has 4 aromatic rings. The maximum atomic E-state index is 12.1. The second kappa shape index (κ2) is 20.5. The number of rotatable bonds is 6. The molecule has 20 heteroatoms. The molecule has 4 N–H and O–H groups in total. The molecular formula is C39H54ClN15O4. The molecule has 19 nitrogen and oxygen atoms in total. The van der Waals surface area contributed by atoms with E-state index >= 15 is 0 Å². The maximum absolute atomic E-state index is 12.1. The molecule has 0 bridgehead atoms. The van der Waals surface area contributed by atoms with E-state index in [0.29, 0.717) is 48.2 Å². The zero-order valence-corrected chi connectivity index (χ0v) is 35.7. The Kier molecular flexibility index (Phi) is 15.8. The van der Waals surface area contributed by atoms with Crippen molar-refractivity contribution < 1.29 is 19.1 Å². The Bertz CT molecular complexity index is 2090. The first-order valence-corrected chi connectivity index (χ1v) is 19.6. The standard InChI is InChI=1S/C20H27N7O2.C15H20ClN5O2.C4H7N3/c1-20(2,3)29-19(28)24-15-6-5-7-27(13-15)18-11-22-17(9-21)16(25-18)8-14-10-23-26(4)12-14;1-15(2,3)23-14(22)19-10-5-4-6-21(9-10)12-8-18-11(7-17)13(16)20-12;1-7-3-4(5)2-6-7/h10-12,15H,5-8,13H2,1-4H3,(H,24,28);8,10H,4-6,9H2,1-3H3,(H,19,22);2-3H,5H2,1H3. The molecule has 6 rings (SSSR count). The molecule has 316 valence electrons. The van der Waals surface area contributed by atoms with Crippen molar-refractivity contribution >= 4 is 41.1 Å². The fourth-order valence-corrected chi connectivity index (χ4v) is 6.30. The molecule has 4 aromatic heterocycles. The van der Waals surface area contributed by atoms with Gasteiger partial charge in [-0.25, -0.2) is 29.5 Å². The number of aryl methyl sites for hydroxylation is 2. The lowest BCUT2D eigenvalue weighted by atomic mass is 10.1. The summed E-state index contributed by atoms with van der Waals surface area (Å²) < 4.78 is 14.0. The lowest BCUT2D eigenvalue weighted by molar-refractivity contribution is 0.0488. The number of amides is 2. The summed E-state index contributed by atoms with van der Waals surface area (Å²) in [5.74, 6) is 1.31. The molecule has 0 aliphatic carbocycles. The second-order valence-electron chi connectivity index (χ2n) is 16.1. The zero-order valence-electron chi connectivity index (χ0n) is 34.9. The van der Waals surface area contributed by atoms with Gasteiger partial charge in [-0.2, -0.15) is 20.7 Å². The number of carbonyl (C=O) groups excluding carboxylic acids is 2. The smallest absolute Gasteiger partial charge is 0.407 e. The molecule has 2 atom stereocenters. The number of ether oxygens (including phenoxy) is 2. The summed E-state index contributed by atoms with van der Waals surface area (Å²) in [6.45, 7) is 13.8. The largest absolute Gasteiger partial charge is 0.444 e. The van der Waals surface area contributed by atoms with E-state index in [4.69, 9.17) is 37.1 Å². The predicted molar refractivity (Wildman–Crippen MR) is 221 cm³/mol. The van der Waals surface area contributed by atoms with Crippen molar-refractivity contribution in [2.45, 2.75) is 96.9 Å². The number of nitrogens with zero attached hydrogens (tertiary/aromatic N) is 12. The van der Waals surface area contributed by atoms with Gasteiger partial charge in [-0.1, -0.05) is 11.6 Å². The molecule has 2 amide bonds. The van der Waals surface area contributed by atoms with Gasteiger partial charge in [0, 0.05) is 71.2 Å². The minimum Gasteiger partial charge on any atom is -0.444 e.